The fourth-order valence-electron chi connectivity index (χ4n) is 2.02. The summed E-state index contributed by atoms with van der Waals surface area (Å²) in [6, 6.07) is 0. The Morgan fingerprint density at radius 1 is 0.167 bits per heavy atom. The summed E-state index contributed by atoms with van der Waals surface area (Å²) in [4.78, 5) is 0. The summed E-state index contributed by atoms with van der Waals surface area (Å²) in [6.07, 6.45) is 18.6. The summed E-state index contributed by atoms with van der Waals surface area (Å²) in [7, 11) is 0. The molecule has 0 heteroatoms. The molecule has 0 aromatic rings. The summed E-state index contributed by atoms with van der Waals surface area (Å²) in [5, 5.41) is 0. The van der Waals surface area contributed by atoms with Gasteiger partial charge in [-0.05, 0) is 41.4 Å². The maximum absolute atomic E-state index is 2.28. The lowest BCUT2D eigenvalue weighted by atomic mass is 10.1. The van der Waals surface area contributed by atoms with Crippen LogP contribution in [0.15, 0.2) is 0 Å². The van der Waals surface area contributed by atoms with Crippen LogP contribution < -0.4 is 0 Å². The van der Waals surface area contributed by atoms with Crippen LogP contribution in [0.2, 0.25) is 0 Å². The van der Waals surface area contributed by atoms with E-state index in [0.717, 1.165) is 41.4 Å². The molecule has 0 amide bonds. The first-order chi connectivity index (χ1) is 19.7. The second-order valence-electron chi connectivity index (χ2n) is 13.5. The van der Waals surface area contributed by atoms with Gasteiger partial charge >= 0.3 is 0 Å². The summed E-state index contributed by atoms with van der Waals surface area (Å²) in [6.45, 7) is 47.2. The Labute approximate surface area is 276 Å². The Kier molecular flexibility index (Phi) is 73.5. The van der Waals surface area contributed by atoms with Crippen LogP contribution in [0.1, 0.15) is 235 Å². The molecule has 0 spiro atoms. The summed E-state index contributed by atoms with van der Waals surface area (Å²) in [5.41, 5.74) is 0. The highest BCUT2D eigenvalue weighted by atomic mass is 14.0. The number of hydrogen-bond acceptors (Lipinski definition) is 0. The van der Waals surface area contributed by atoms with Gasteiger partial charge in [0, 0.05) is 0 Å². The molecule has 0 saturated carbocycles. The van der Waals surface area contributed by atoms with Crippen LogP contribution in [-0.2, 0) is 0 Å². The van der Waals surface area contributed by atoms with E-state index in [0.29, 0.717) is 0 Å². The van der Waals surface area contributed by atoms with Crippen molar-refractivity contribution in [2.24, 2.45) is 41.4 Å². The summed E-state index contributed by atoms with van der Waals surface area (Å²) >= 11 is 0. The van der Waals surface area contributed by atoms with E-state index < -0.39 is 0 Å². The minimum Gasteiger partial charge on any atom is -0.0651 e. The van der Waals surface area contributed by atoms with Crippen molar-refractivity contribution in [1.82, 2.24) is 0 Å². The molecule has 266 valence electrons. The molecule has 0 radical (unpaired) electrons. The van der Waals surface area contributed by atoms with Crippen LogP contribution in [0.25, 0.3) is 0 Å². The maximum atomic E-state index is 2.28. The molecule has 0 aromatic carbocycles. The highest BCUT2D eigenvalue weighted by molar-refractivity contribution is 4.44. The molecule has 0 nitrogen and oxygen atoms in total. The smallest absolute Gasteiger partial charge is 0.0448 e. The zero-order chi connectivity index (χ0) is 34.9. The molecule has 0 N–H and O–H groups in total. The molecule has 42 heavy (non-hydrogen) atoms. The third-order valence-electron chi connectivity index (χ3n) is 9.76. The highest BCUT2D eigenvalue weighted by Gasteiger charge is 1.91. The number of rotatable bonds is 14. The van der Waals surface area contributed by atoms with Crippen molar-refractivity contribution in [2.45, 2.75) is 235 Å². The van der Waals surface area contributed by atoms with Crippen molar-refractivity contribution >= 4 is 0 Å². The van der Waals surface area contributed by atoms with Crippen LogP contribution in [-0.4, -0.2) is 0 Å². The second kappa shape index (κ2) is 53.6. The minimum absolute atomic E-state index is 0.935. The standard InChI is InChI=1S/7C6H14/c7*1-4-6(3)5-2/h7*6H,4-5H2,1-3H3. The lowest BCUT2D eigenvalue weighted by Gasteiger charge is -1.98. The Bertz CT molecular complexity index is 233. The highest BCUT2D eigenvalue weighted by Crippen LogP contribution is 2.06. The molecular weight excluding hydrogens is 504 g/mol. The van der Waals surface area contributed by atoms with Crippen molar-refractivity contribution in [3.8, 4) is 0 Å². The second-order valence-corrected chi connectivity index (χ2v) is 13.5. The molecular formula is C42H98. The van der Waals surface area contributed by atoms with E-state index in [4.69, 9.17) is 0 Å². The van der Waals surface area contributed by atoms with Gasteiger partial charge in [0.15, 0.2) is 0 Å². The quantitative estimate of drug-likeness (QED) is 0.185. The monoisotopic (exact) mass is 603 g/mol. The first-order valence-electron chi connectivity index (χ1n) is 19.7. The molecule has 0 aliphatic rings. The number of hydrogen-bond donors (Lipinski definition) is 0. The minimum atomic E-state index is 0.935. The van der Waals surface area contributed by atoms with E-state index in [1.54, 1.807) is 0 Å². The molecule has 0 heterocycles. The largest absolute Gasteiger partial charge is 0.0651 e. The molecule has 0 rings (SSSR count). The van der Waals surface area contributed by atoms with Gasteiger partial charge < -0.3 is 0 Å². The van der Waals surface area contributed by atoms with Crippen LogP contribution in [0, 0.1) is 41.4 Å². The van der Waals surface area contributed by atoms with Crippen LogP contribution in [0.5, 0.6) is 0 Å². The maximum Gasteiger partial charge on any atom is -0.0448 e. The van der Waals surface area contributed by atoms with Crippen molar-refractivity contribution in [3.05, 3.63) is 0 Å². The van der Waals surface area contributed by atoms with E-state index >= 15 is 0 Å². The van der Waals surface area contributed by atoms with Crippen molar-refractivity contribution in [3.63, 3.8) is 0 Å². The van der Waals surface area contributed by atoms with Gasteiger partial charge in [0.1, 0.15) is 0 Å². The Balaban J connectivity index is -0.0000000681. The zero-order valence-corrected chi connectivity index (χ0v) is 34.9. The third-order valence-corrected chi connectivity index (χ3v) is 9.76. The fourth-order valence-corrected chi connectivity index (χ4v) is 2.02. The van der Waals surface area contributed by atoms with Gasteiger partial charge in [-0.25, -0.2) is 0 Å². The topological polar surface area (TPSA) is 0 Å². The van der Waals surface area contributed by atoms with Gasteiger partial charge in [0.05, 0.1) is 0 Å². The fraction of sp³-hybridized carbons (Fsp3) is 1.00. The van der Waals surface area contributed by atoms with Crippen molar-refractivity contribution in [1.29, 1.82) is 0 Å². The predicted octanol–water partition coefficient (Wildman–Crippen LogP) is 17.1. The lowest BCUT2D eigenvalue weighted by molar-refractivity contribution is 0.544. The molecule has 0 aromatic heterocycles. The molecule has 0 aliphatic heterocycles. The van der Waals surface area contributed by atoms with Gasteiger partial charge in [0.25, 0.3) is 0 Å². The molecule has 0 unspecified atom stereocenters. The molecule has 0 atom stereocenters. The first kappa shape index (κ1) is 57.6. The van der Waals surface area contributed by atoms with Crippen LogP contribution in [0.3, 0.4) is 0 Å². The molecule has 0 aliphatic carbocycles. The predicted molar refractivity (Wildman–Crippen MR) is 208 cm³/mol. The normalized spacial score (nSPS) is 10.0. The summed E-state index contributed by atoms with van der Waals surface area (Å²) < 4.78 is 0. The summed E-state index contributed by atoms with van der Waals surface area (Å²) in [5.74, 6) is 6.55. The van der Waals surface area contributed by atoms with Crippen LogP contribution in [0.4, 0.5) is 0 Å². The van der Waals surface area contributed by atoms with Gasteiger partial charge in [-0.15, -0.1) is 0 Å². The Hall–Kier alpha value is 0. The molecule has 0 bridgehead atoms. The van der Waals surface area contributed by atoms with E-state index in [2.05, 4.69) is 145 Å². The average Bonchev–Trinajstić information content (AvgIpc) is 3.06. The SMILES string of the molecule is CCC(C)CC.CCC(C)CC.CCC(C)CC.CCC(C)CC.CCC(C)CC.CCC(C)CC.CCC(C)CC. The Morgan fingerprint density at radius 3 is 0.214 bits per heavy atom. The van der Waals surface area contributed by atoms with E-state index in [1.807, 2.05) is 0 Å². The molecule has 0 fully saturated rings. The van der Waals surface area contributed by atoms with E-state index in [9.17, 15) is 0 Å². The average molecular weight is 603 g/mol. The van der Waals surface area contributed by atoms with Crippen LogP contribution >= 0.6 is 0 Å². The van der Waals surface area contributed by atoms with E-state index in [-0.39, 0.29) is 0 Å². The van der Waals surface area contributed by atoms with E-state index in [1.165, 1.54) is 89.9 Å². The van der Waals surface area contributed by atoms with Gasteiger partial charge in [-0.2, -0.15) is 0 Å². The van der Waals surface area contributed by atoms with Gasteiger partial charge in [-0.1, -0.05) is 235 Å². The third kappa shape index (κ3) is 77.6. The van der Waals surface area contributed by atoms with Gasteiger partial charge in [-0.3, -0.25) is 0 Å². The first-order valence-corrected chi connectivity index (χ1v) is 19.7. The molecule has 0 saturated heterocycles. The lowest BCUT2D eigenvalue weighted by Crippen LogP contribution is -1.85. The van der Waals surface area contributed by atoms with Crippen molar-refractivity contribution in [2.75, 3.05) is 0 Å². The zero-order valence-electron chi connectivity index (χ0n) is 34.9. The van der Waals surface area contributed by atoms with Gasteiger partial charge in [0.2, 0.25) is 0 Å². The van der Waals surface area contributed by atoms with Crippen molar-refractivity contribution < 1.29 is 0 Å². The Morgan fingerprint density at radius 2 is 0.214 bits per heavy atom.